The summed E-state index contributed by atoms with van der Waals surface area (Å²) in [5.74, 6) is -0.194. The van der Waals surface area contributed by atoms with Gasteiger partial charge in [0.2, 0.25) is 0 Å². The fraction of sp³-hybridized carbons (Fsp3) is 0.571. The summed E-state index contributed by atoms with van der Waals surface area (Å²) >= 11 is 0. The molecule has 1 aliphatic rings. The minimum absolute atomic E-state index is 0.123. The molecule has 1 aromatic carbocycles. The SMILES string of the molecule is CCCNC(c1ccccc1F)C1COCCO1. The van der Waals surface area contributed by atoms with Gasteiger partial charge in [-0.15, -0.1) is 0 Å². The van der Waals surface area contributed by atoms with E-state index in [2.05, 4.69) is 12.2 Å². The number of ether oxygens (including phenoxy) is 2. The third kappa shape index (κ3) is 3.28. The van der Waals surface area contributed by atoms with E-state index in [1.54, 1.807) is 12.1 Å². The molecule has 0 spiro atoms. The van der Waals surface area contributed by atoms with Gasteiger partial charge in [0.05, 0.1) is 25.9 Å². The highest BCUT2D eigenvalue weighted by Gasteiger charge is 2.27. The van der Waals surface area contributed by atoms with Gasteiger partial charge in [0.1, 0.15) is 11.9 Å². The maximum absolute atomic E-state index is 13.9. The van der Waals surface area contributed by atoms with E-state index in [9.17, 15) is 4.39 Å². The summed E-state index contributed by atoms with van der Waals surface area (Å²) in [6, 6.07) is 6.70. The monoisotopic (exact) mass is 253 g/mol. The first kappa shape index (κ1) is 13.5. The summed E-state index contributed by atoms with van der Waals surface area (Å²) in [5, 5.41) is 3.35. The van der Waals surface area contributed by atoms with Crippen molar-refractivity contribution < 1.29 is 13.9 Å². The smallest absolute Gasteiger partial charge is 0.128 e. The van der Waals surface area contributed by atoms with Crippen LogP contribution >= 0.6 is 0 Å². The third-order valence-electron chi connectivity index (χ3n) is 3.07. The molecule has 0 bridgehead atoms. The van der Waals surface area contributed by atoms with E-state index in [1.165, 1.54) is 6.07 Å². The Bertz CT molecular complexity index is 367. The van der Waals surface area contributed by atoms with Gasteiger partial charge < -0.3 is 14.8 Å². The van der Waals surface area contributed by atoms with Gasteiger partial charge in [0, 0.05) is 5.56 Å². The van der Waals surface area contributed by atoms with E-state index in [0.717, 1.165) is 13.0 Å². The van der Waals surface area contributed by atoms with Gasteiger partial charge in [0.15, 0.2) is 0 Å². The third-order valence-corrected chi connectivity index (χ3v) is 3.07. The fourth-order valence-electron chi connectivity index (χ4n) is 2.17. The molecule has 1 saturated heterocycles. The molecule has 3 nitrogen and oxygen atoms in total. The molecule has 0 aliphatic carbocycles. The van der Waals surface area contributed by atoms with Gasteiger partial charge in [-0.3, -0.25) is 0 Å². The van der Waals surface area contributed by atoms with E-state index in [-0.39, 0.29) is 18.0 Å². The van der Waals surface area contributed by atoms with Crippen LogP contribution in [0.4, 0.5) is 4.39 Å². The standard InChI is InChI=1S/C14H20FNO2/c1-2-7-16-14(13-10-17-8-9-18-13)11-5-3-4-6-12(11)15/h3-6,13-14,16H,2,7-10H2,1H3. The topological polar surface area (TPSA) is 30.5 Å². The first-order chi connectivity index (χ1) is 8.83. The molecule has 100 valence electrons. The van der Waals surface area contributed by atoms with Crippen LogP contribution in [0.25, 0.3) is 0 Å². The van der Waals surface area contributed by atoms with Crippen LogP contribution < -0.4 is 5.32 Å². The van der Waals surface area contributed by atoms with Crippen LogP contribution in [-0.4, -0.2) is 32.5 Å². The predicted molar refractivity (Wildman–Crippen MR) is 68.0 cm³/mol. The summed E-state index contributed by atoms with van der Waals surface area (Å²) in [5.41, 5.74) is 0.654. The molecule has 0 aromatic heterocycles. The van der Waals surface area contributed by atoms with Crippen molar-refractivity contribution in [3.63, 3.8) is 0 Å². The van der Waals surface area contributed by atoms with E-state index < -0.39 is 0 Å². The van der Waals surface area contributed by atoms with Gasteiger partial charge in [-0.1, -0.05) is 25.1 Å². The van der Waals surface area contributed by atoms with Gasteiger partial charge in [-0.2, -0.15) is 0 Å². The van der Waals surface area contributed by atoms with Crippen molar-refractivity contribution in [2.75, 3.05) is 26.4 Å². The first-order valence-electron chi connectivity index (χ1n) is 6.50. The molecule has 0 amide bonds. The molecule has 2 rings (SSSR count). The van der Waals surface area contributed by atoms with Crippen molar-refractivity contribution in [2.24, 2.45) is 0 Å². The molecular formula is C14H20FNO2. The van der Waals surface area contributed by atoms with Crippen LogP contribution in [0.3, 0.4) is 0 Å². The maximum atomic E-state index is 13.9. The highest BCUT2D eigenvalue weighted by atomic mass is 19.1. The predicted octanol–water partition coefficient (Wildman–Crippen LogP) is 2.28. The van der Waals surface area contributed by atoms with Gasteiger partial charge in [-0.05, 0) is 19.0 Å². The van der Waals surface area contributed by atoms with E-state index in [0.29, 0.717) is 25.4 Å². The summed E-state index contributed by atoms with van der Waals surface area (Å²) in [4.78, 5) is 0. The Hall–Kier alpha value is -0.970. The second-order valence-electron chi connectivity index (χ2n) is 4.44. The zero-order valence-corrected chi connectivity index (χ0v) is 10.7. The Labute approximate surface area is 107 Å². The Morgan fingerprint density at radius 2 is 2.22 bits per heavy atom. The van der Waals surface area contributed by atoms with Crippen LogP contribution in [0, 0.1) is 5.82 Å². The molecule has 4 heteroatoms. The molecular weight excluding hydrogens is 233 g/mol. The fourth-order valence-corrected chi connectivity index (χ4v) is 2.17. The Kier molecular flexibility index (Phi) is 5.11. The van der Waals surface area contributed by atoms with Gasteiger partial charge in [0.25, 0.3) is 0 Å². The molecule has 2 atom stereocenters. The lowest BCUT2D eigenvalue weighted by atomic mass is 10.0. The summed E-state index contributed by atoms with van der Waals surface area (Å²) < 4.78 is 25.0. The Morgan fingerprint density at radius 3 is 2.89 bits per heavy atom. The van der Waals surface area contributed by atoms with Crippen molar-refractivity contribution in [2.45, 2.75) is 25.5 Å². The maximum Gasteiger partial charge on any atom is 0.128 e. The van der Waals surface area contributed by atoms with E-state index in [1.807, 2.05) is 6.07 Å². The molecule has 1 heterocycles. The van der Waals surface area contributed by atoms with E-state index >= 15 is 0 Å². The van der Waals surface area contributed by atoms with Crippen molar-refractivity contribution in [1.82, 2.24) is 5.32 Å². The lowest BCUT2D eigenvalue weighted by molar-refractivity contribution is -0.102. The Morgan fingerprint density at radius 1 is 1.39 bits per heavy atom. The van der Waals surface area contributed by atoms with Crippen molar-refractivity contribution in [3.8, 4) is 0 Å². The quantitative estimate of drug-likeness (QED) is 0.873. The summed E-state index contributed by atoms with van der Waals surface area (Å²) in [6.45, 7) is 4.62. The lowest BCUT2D eigenvalue weighted by Gasteiger charge is -2.31. The average Bonchev–Trinajstić information content (AvgIpc) is 2.42. The van der Waals surface area contributed by atoms with E-state index in [4.69, 9.17) is 9.47 Å². The Balaban J connectivity index is 2.15. The van der Waals surface area contributed by atoms with Crippen LogP contribution in [0.15, 0.2) is 24.3 Å². The second-order valence-corrected chi connectivity index (χ2v) is 4.44. The van der Waals surface area contributed by atoms with Gasteiger partial charge in [-0.25, -0.2) is 4.39 Å². The number of halogens is 1. The highest BCUT2D eigenvalue weighted by Crippen LogP contribution is 2.24. The first-order valence-corrected chi connectivity index (χ1v) is 6.50. The van der Waals surface area contributed by atoms with Crippen molar-refractivity contribution in [1.29, 1.82) is 0 Å². The lowest BCUT2D eigenvalue weighted by Crippen LogP contribution is -2.41. The zero-order valence-electron chi connectivity index (χ0n) is 10.7. The number of rotatable bonds is 5. The zero-order chi connectivity index (χ0) is 12.8. The molecule has 1 fully saturated rings. The van der Waals surface area contributed by atoms with Crippen molar-refractivity contribution >= 4 is 0 Å². The highest BCUT2D eigenvalue weighted by molar-refractivity contribution is 5.22. The number of nitrogens with one attached hydrogen (secondary N) is 1. The van der Waals surface area contributed by atoms with Gasteiger partial charge >= 0.3 is 0 Å². The summed E-state index contributed by atoms with van der Waals surface area (Å²) in [7, 11) is 0. The molecule has 0 radical (unpaired) electrons. The molecule has 1 aromatic rings. The normalized spacial score (nSPS) is 21.8. The van der Waals surface area contributed by atoms with Crippen LogP contribution in [0.2, 0.25) is 0 Å². The number of hydrogen-bond donors (Lipinski definition) is 1. The molecule has 18 heavy (non-hydrogen) atoms. The minimum atomic E-state index is -0.194. The number of hydrogen-bond acceptors (Lipinski definition) is 3. The number of benzene rings is 1. The molecule has 2 unspecified atom stereocenters. The average molecular weight is 253 g/mol. The molecule has 1 aliphatic heterocycles. The van der Waals surface area contributed by atoms with Crippen LogP contribution in [0.5, 0.6) is 0 Å². The largest absolute Gasteiger partial charge is 0.376 e. The van der Waals surface area contributed by atoms with Crippen LogP contribution in [-0.2, 0) is 9.47 Å². The minimum Gasteiger partial charge on any atom is -0.376 e. The van der Waals surface area contributed by atoms with Crippen molar-refractivity contribution in [3.05, 3.63) is 35.6 Å². The molecule has 1 N–H and O–H groups in total. The van der Waals surface area contributed by atoms with Crippen LogP contribution in [0.1, 0.15) is 24.9 Å². The summed E-state index contributed by atoms with van der Waals surface area (Å²) in [6.07, 6.45) is 0.876. The second kappa shape index (κ2) is 6.83. The molecule has 0 saturated carbocycles.